The summed E-state index contributed by atoms with van der Waals surface area (Å²) in [4.78, 5) is 38.9. The van der Waals surface area contributed by atoms with Gasteiger partial charge in [-0.05, 0) is 31.4 Å². The first-order chi connectivity index (χ1) is 14.0. The first kappa shape index (κ1) is 22.3. The van der Waals surface area contributed by atoms with Crippen molar-refractivity contribution in [1.29, 1.82) is 0 Å². The first-order valence-corrected chi connectivity index (χ1v) is 10.3. The summed E-state index contributed by atoms with van der Waals surface area (Å²) in [5.41, 5.74) is 1.72. The number of hydrogen-bond donors (Lipinski definition) is 1. The molecule has 2 aromatic rings. The number of nitrogens with one attached hydrogen (secondary N) is 1. The molecule has 5 heteroatoms. The molecular weight excluding hydrogens is 364 g/mol. The molecule has 5 nitrogen and oxygen atoms in total. The third-order valence-electron chi connectivity index (χ3n) is 4.58. The van der Waals surface area contributed by atoms with Gasteiger partial charge in [-0.1, -0.05) is 56.3 Å². The zero-order valence-corrected chi connectivity index (χ0v) is 17.3. The summed E-state index contributed by atoms with van der Waals surface area (Å²) in [6.45, 7) is 5.64. The van der Waals surface area contributed by atoms with Crippen LogP contribution in [0.15, 0.2) is 54.6 Å². The van der Waals surface area contributed by atoms with E-state index in [0.717, 1.165) is 25.9 Å². The molecule has 0 aliphatic heterocycles. The van der Waals surface area contributed by atoms with E-state index in [4.69, 9.17) is 0 Å². The van der Waals surface area contributed by atoms with Crippen LogP contribution in [0.3, 0.4) is 0 Å². The third kappa shape index (κ3) is 7.18. The van der Waals surface area contributed by atoms with Crippen LogP contribution < -0.4 is 5.32 Å². The molecule has 0 atom stereocenters. The van der Waals surface area contributed by atoms with Crippen LogP contribution in [0.2, 0.25) is 0 Å². The van der Waals surface area contributed by atoms with Crippen LogP contribution in [0, 0.1) is 0 Å². The zero-order valence-electron chi connectivity index (χ0n) is 17.3. The maximum atomic E-state index is 12.5. The van der Waals surface area contributed by atoms with Gasteiger partial charge in [-0.2, -0.15) is 0 Å². The summed E-state index contributed by atoms with van der Waals surface area (Å²) < 4.78 is 0. The van der Waals surface area contributed by atoms with E-state index in [1.54, 1.807) is 36.4 Å². The lowest BCUT2D eigenvalue weighted by atomic mass is 10.0. The molecule has 0 saturated carbocycles. The van der Waals surface area contributed by atoms with E-state index >= 15 is 0 Å². The molecule has 2 rings (SSSR count). The smallest absolute Gasteiger partial charge is 0.224 e. The number of anilines is 1. The Balaban J connectivity index is 1.86. The number of rotatable bonds is 11. The van der Waals surface area contributed by atoms with Gasteiger partial charge in [-0.25, -0.2) is 0 Å². The predicted octanol–water partition coefficient (Wildman–Crippen LogP) is 4.68. The van der Waals surface area contributed by atoms with Gasteiger partial charge < -0.3 is 10.2 Å². The zero-order chi connectivity index (χ0) is 21.1. The van der Waals surface area contributed by atoms with Gasteiger partial charge in [-0.15, -0.1) is 0 Å². The van der Waals surface area contributed by atoms with E-state index in [0.29, 0.717) is 29.7 Å². The van der Waals surface area contributed by atoms with Crippen LogP contribution in [-0.4, -0.2) is 35.6 Å². The van der Waals surface area contributed by atoms with Gasteiger partial charge in [0.1, 0.15) is 0 Å². The van der Waals surface area contributed by atoms with E-state index in [2.05, 4.69) is 19.2 Å². The van der Waals surface area contributed by atoms with Gasteiger partial charge in [0.25, 0.3) is 0 Å². The molecule has 0 fully saturated rings. The lowest BCUT2D eigenvalue weighted by Crippen LogP contribution is -2.32. The van der Waals surface area contributed by atoms with E-state index in [-0.39, 0.29) is 24.0 Å². The fourth-order valence-corrected chi connectivity index (χ4v) is 3.18. The average molecular weight is 395 g/mol. The maximum absolute atomic E-state index is 12.5. The lowest BCUT2D eigenvalue weighted by Gasteiger charge is -2.21. The van der Waals surface area contributed by atoms with Crippen molar-refractivity contribution in [2.75, 3.05) is 18.4 Å². The predicted molar refractivity (Wildman–Crippen MR) is 116 cm³/mol. The molecule has 0 radical (unpaired) electrons. The van der Waals surface area contributed by atoms with Crippen molar-refractivity contribution < 1.29 is 14.4 Å². The molecule has 29 heavy (non-hydrogen) atoms. The molecular formula is C24H30N2O3. The summed E-state index contributed by atoms with van der Waals surface area (Å²) in [6, 6.07) is 16.0. The Kier molecular flexibility index (Phi) is 9.09. The minimum atomic E-state index is -0.153. The topological polar surface area (TPSA) is 66.5 Å². The molecule has 2 amide bonds. The normalized spacial score (nSPS) is 10.4. The van der Waals surface area contributed by atoms with Gasteiger partial charge in [0.2, 0.25) is 11.8 Å². The molecule has 1 N–H and O–H groups in total. The highest BCUT2D eigenvalue weighted by molar-refractivity contribution is 6.09. The Morgan fingerprint density at radius 1 is 0.828 bits per heavy atom. The van der Waals surface area contributed by atoms with Crippen LogP contribution >= 0.6 is 0 Å². The molecule has 0 aliphatic rings. The molecule has 154 valence electrons. The minimum Gasteiger partial charge on any atom is -0.343 e. The highest BCUT2D eigenvalue weighted by Crippen LogP contribution is 2.15. The van der Waals surface area contributed by atoms with E-state index in [1.807, 2.05) is 23.1 Å². The van der Waals surface area contributed by atoms with Gasteiger partial charge in [0, 0.05) is 42.7 Å². The summed E-state index contributed by atoms with van der Waals surface area (Å²) in [5.74, 6) is -0.129. The fourth-order valence-electron chi connectivity index (χ4n) is 3.18. The van der Waals surface area contributed by atoms with E-state index in [1.165, 1.54) is 0 Å². The molecule has 0 aliphatic carbocycles. The Bertz CT molecular complexity index is 812. The number of carbonyl (C=O) groups is 3. The Morgan fingerprint density at radius 3 is 2.14 bits per heavy atom. The number of nitrogens with zero attached hydrogens (tertiary/aromatic N) is 1. The van der Waals surface area contributed by atoms with Gasteiger partial charge in [0.05, 0.1) is 0 Å². The van der Waals surface area contributed by atoms with Crippen molar-refractivity contribution in [1.82, 2.24) is 4.90 Å². The number of carbonyl (C=O) groups excluding carboxylic acids is 3. The molecule has 0 bridgehead atoms. The van der Waals surface area contributed by atoms with Gasteiger partial charge >= 0.3 is 0 Å². The van der Waals surface area contributed by atoms with Gasteiger partial charge in [0.15, 0.2) is 5.78 Å². The summed E-state index contributed by atoms with van der Waals surface area (Å²) >= 11 is 0. The second-order valence-corrected chi connectivity index (χ2v) is 7.06. The second kappa shape index (κ2) is 11.8. The van der Waals surface area contributed by atoms with Crippen LogP contribution in [-0.2, 0) is 9.59 Å². The highest BCUT2D eigenvalue weighted by atomic mass is 16.2. The standard InChI is InChI=1S/C24H30N2O3/c1-3-16-26(17-4-2)23(28)15-9-14-22(27)25-21-13-8-12-20(18-21)24(29)19-10-6-5-7-11-19/h5-8,10-13,18H,3-4,9,14-17H2,1-2H3,(H,25,27). The highest BCUT2D eigenvalue weighted by Gasteiger charge is 2.13. The fraction of sp³-hybridized carbons (Fsp3) is 0.375. The van der Waals surface area contributed by atoms with Crippen molar-refractivity contribution in [2.24, 2.45) is 0 Å². The number of benzene rings is 2. The summed E-state index contributed by atoms with van der Waals surface area (Å²) in [7, 11) is 0. The van der Waals surface area contributed by atoms with E-state index in [9.17, 15) is 14.4 Å². The molecule has 0 saturated heterocycles. The Labute approximate surface area is 173 Å². The third-order valence-corrected chi connectivity index (χ3v) is 4.58. The summed E-state index contributed by atoms with van der Waals surface area (Å²) in [5, 5.41) is 2.83. The van der Waals surface area contributed by atoms with Crippen molar-refractivity contribution in [3.63, 3.8) is 0 Å². The van der Waals surface area contributed by atoms with Crippen molar-refractivity contribution >= 4 is 23.3 Å². The van der Waals surface area contributed by atoms with Crippen LogP contribution in [0.25, 0.3) is 0 Å². The molecule has 0 unspecified atom stereocenters. The Hall–Kier alpha value is -2.95. The number of amides is 2. The average Bonchev–Trinajstić information content (AvgIpc) is 2.73. The number of hydrogen-bond acceptors (Lipinski definition) is 3. The molecule has 2 aromatic carbocycles. The van der Waals surface area contributed by atoms with Crippen LogP contribution in [0.4, 0.5) is 5.69 Å². The van der Waals surface area contributed by atoms with Crippen molar-refractivity contribution in [3.8, 4) is 0 Å². The number of ketones is 1. The molecule has 0 aromatic heterocycles. The van der Waals surface area contributed by atoms with Crippen LogP contribution in [0.5, 0.6) is 0 Å². The second-order valence-electron chi connectivity index (χ2n) is 7.06. The summed E-state index contributed by atoms with van der Waals surface area (Å²) in [6.07, 6.45) is 3.03. The SMILES string of the molecule is CCCN(CCC)C(=O)CCCC(=O)Nc1cccc(C(=O)c2ccccc2)c1. The van der Waals surface area contributed by atoms with E-state index < -0.39 is 0 Å². The minimum absolute atomic E-state index is 0.0840. The lowest BCUT2D eigenvalue weighted by molar-refractivity contribution is -0.131. The monoisotopic (exact) mass is 394 g/mol. The molecule has 0 heterocycles. The maximum Gasteiger partial charge on any atom is 0.224 e. The molecule has 0 spiro atoms. The first-order valence-electron chi connectivity index (χ1n) is 10.3. The van der Waals surface area contributed by atoms with Crippen LogP contribution in [0.1, 0.15) is 61.9 Å². The van der Waals surface area contributed by atoms with Gasteiger partial charge in [-0.3, -0.25) is 14.4 Å². The van der Waals surface area contributed by atoms with Crippen molar-refractivity contribution in [2.45, 2.75) is 46.0 Å². The quantitative estimate of drug-likeness (QED) is 0.563. The largest absolute Gasteiger partial charge is 0.343 e. The Morgan fingerprint density at radius 2 is 1.48 bits per heavy atom. The van der Waals surface area contributed by atoms with Crippen molar-refractivity contribution in [3.05, 3.63) is 65.7 Å².